The van der Waals surface area contributed by atoms with Crippen LogP contribution in [0.25, 0.3) is 20.2 Å². The fraction of sp³-hybridized carbons (Fsp3) is 0.143. The van der Waals surface area contributed by atoms with E-state index in [-0.39, 0.29) is 37.0 Å². The van der Waals surface area contributed by atoms with E-state index in [1.54, 1.807) is 0 Å². The lowest BCUT2D eigenvalue weighted by Gasteiger charge is -2.09. The van der Waals surface area contributed by atoms with Crippen molar-refractivity contribution in [2.45, 2.75) is 13.8 Å². The molecule has 0 unspecified atom stereocenters. The predicted molar refractivity (Wildman–Crippen MR) is 78.8 cm³/mol. The van der Waals surface area contributed by atoms with Crippen LogP contribution in [-0.2, 0) is 0 Å². The first-order valence-electron chi connectivity index (χ1n) is 6.00. The average Bonchev–Trinajstić information content (AvgIpc) is 2.87. The van der Waals surface area contributed by atoms with Gasteiger partial charge in [-0.25, -0.2) is 0 Å². The monoisotopic (exact) mass is 308 g/mol. The van der Waals surface area contributed by atoms with Crippen molar-refractivity contribution in [2.75, 3.05) is 0 Å². The zero-order valence-corrected chi connectivity index (χ0v) is 11.9. The van der Waals surface area contributed by atoms with Crippen LogP contribution in [0.3, 0.4) is 0 Å². The summed E-state index contributed by atoms with van der Waals surface area (Å²) in [6.07, 6.45) is 0. The van der Waals surface area contributed by atoms with E-state index in [0.717, 1.165) is 11.3 Å². The van der Waals surface area contributed by atoms with Crippen LogP contribution in [0, 0.1) is 13.8 Å². The van der Waals surface area contributed by atoms with Gasteiger partial charge in [-0.3, -0.25) is 0 Å². The third kappa shape index (κ3) is 1.46. The predicted octanol–water partition coefficient (Wildman–Crippen LogP) is 2.90. The van der Waals surface area contributed by atoms with Gasteiger partial charge in [-0.15, -0.1) is 11.3 Å². The standard InChI is InChI=1S/C14H12O6S/c1-3-5-6-10(18)8(16)4(2)9(17)14(6)21-13(5)12(20)11(19)7(3)15/h15-20H,1-2H3. The lowest BCUT2D eigenvalue weighted by atomic mass is 10.0. The maximum atomic E-state index is 10.1. The van der Waals surface area contributed by atoms with Gasteiger partial charge in [0.1, 0.15) is 5.75 Å². The molecule has 0 radical (unpaired) electrons. The molecule has 3 aromatic rings. The Labute approximate surface area is 122 Å². The fourth-order valence-electron chi connectivity index (χ4n) is 2.44. The lowest BCUT2D eigenvalue weighted by Crippen LogP contribution is -1.83. The molecular formula is C14H12O6S. The Hall–Kier alpha value is -2.54. The first-order chi connectivity index (χ1) is 9.77. The third-order valence-corrected chi connectivity index (χ3v) is 4.89. The Morgan fingerprint density at radius 3 is 1.67 bits per heavy atom. The molecule has 6 N–H and O–H groups in total. The van der Waals surface area contributed by atoms with Gasteiger partial charge in [-0.2, -0.15) is 0 Å². The number of phenols is 6. The third-order valence-electron chi connectivity index (χ3n) is 3.69. The van der Waals surface area contributed by atoms with Crippen molar-refractivity contribution in [2.24, 2.45) is 0 Å². The number of benzene rings is 2. The van der Waals surface area contributed by atoms with Crippen LogP contribution in [0.15, 0.2) is 0 Å². The van der Waals surface area contributed by atoms with Gasteiger partial charge in [0.25, 0.3) is 0 Å². The van der Waals surface area contributed by atoms with Gasteiger partial charge in [-0.1, -0.05) is 0 Å². The Bertz CT molecular complexity index is 851. The zero-order valence-electron chi connectivity index (χ0n) is 11.1. The molecule has 0 aliphatic rings. The van der Waals surface area contributed by atoms with Gasteiger partial charge in [0.15, 0.2) is 23.0 Å². The van der Waals surface area contributed by atoms with E-state index >= 15 is 0 Å². The molecule has 1 aromatic heterocycles. The molecule has 0 fully saturated rings. The average molecular weight is 308 g/mol. The molecule has 0 spiro atoms. The molecule has 21 heavy (non-hydrogen) atoms. The van der Waals surface area contributed by atoms with Crippen LogP contribution >= 0.6 is 11.3 Å². The summed E-state index contributed by atoms with van der Waals surface area (Å²) in [5, 5.41) is 60.0. The topological polar surface area (TPSA) is 121 Å². The van der Waals surface area contributed by atoms with E-state index in [1.807, 2.05) is 0 Å². The molecule has 0 bridgehead atoms. The quantitative estimate of drug-likeness (QED) is 0.280. The second-order valence-corrected chi connectivity index (χ2v) is 5.87. The Morgan fingerprint density at radius 2 is 1.05 bits per heavy atom. The van der Waals surface area contributed by atoms with Crippen molar-refractivity contribution in [3.05, 3.63) is 11.1 Å². The summed E-state index contributed by atoms with van der Waals surface area (Å²) in [4.78, 5) is 0. The largest absolute Gasteiger partial charge is 0.506 e. The molecular weight excluding hydrogens is 296 g/mol. The Kier molecular flexibility index (Phi) is 2.55. The molecule has 0 aliphatic carbocycles. The Morgan fingerprint density at radius 1 is 0.524 bits per heavy atom. The van der Waals surface area contributed by atoms with Crippen LogP contribution in [-0.4, -0.2) is 30.6 Å². The summed E-state index contributed by atoms with van der Waals surface area (Å²) >= 11 is 0.947. The second kappa shape index (κ2) is 3.98. The lowest BCUT2D eigenvalue weighted by molar-refractivity contribution is 0.370. The smallest absolute Gasteiger partial charge is 0.202 e. The molecule has 0 amide bonds. The van der Waals surface area contributed by atoms with Crippen molar-refractivity contribution < 1.29 is 30.6 Å². The summed E-state index contributed by atoms with van der Waals surface area (Å²) in [6.45, 7) is 2.94. The molecule has 0 aliphatic heterocycles. The molecule has 0 saturated heterocycles. The van der Waals surface area contributed by atoms with Crippen molar-refractivity contribution in [3.8, 4) is 34.5 Å². The SMILES string of the molecule is Cc1c(O)c(O)c2c(sc3c(O)c(O)c(O)c(C)c32)c1O. The molecule has 1 heterocycles. The first-order valence-corrected chi connectivity index (χ1v) is 6.82. The number of thiophene rings is 1. The van der Waals surface area contributed by atoms with Gasteiger partial charge in [0.2, 0.25) is 5.75 Å². The highest BCUT2D eigenvalue weighted by molar-refractivity contribution is 7.26. The van der Waals surface area contributed by atoms with Gasteiger partial charge >= 0.3 is 0 Å². The molecule has 110 valence electrons. The van der Waals surface area contributed by atoms with E-state index in [9.17, 15) is 30.6 Å². The summed E-state index contributed by atoms with van der Waals surface area (Å²) in [6, 6.07) is 0. The minimum Gasteiger partial charge on any atom is -0.506 e. The molecule has 7 heteroatoms. The number of rotatable bonds is 0. The van der Waals surface area contributed by atoms with Crippen LogP contribution in [0.1, 0.15) is 11.1 Å². The van der Waals surface area contributed by atoms with Crippen molar-refractivity contribution in [1.82, 2.24) is 0 Å². The molecule has 3 rings (SSSR count). The molecule has 0 atom stereocenters. The van der Waals surface area contributed by atoms with Crippen molar-refractivity contribution >= 4 is 31.5 Å². The van der Waals surface area contributed by atoms with E-state index in [0.29, 0.717) is 0 Å². The van der Waals surface area contributed by atoms with Gasteiger partial charge in [0.05, 0.1) is 14.8 Å². The summed E-state index contributed by atoms with van der Waals surface area (Å²) < 4.78 is 0.453. The van der Waals surface area contributed by atoms with E-state index < -0.39 is 28.7 Å². The first kappa shape index (κ1) is 13.4. The van der Waals surface area contributed by atoms with E-state index in [1.165, 1.54) is 13.8 Å². The number of phenolic OH excluding ortho intramolecular Hbond substituents is 6. The van der Waals surface area contributed by atoms with Crippen LogP contribution < -0.4 is 0 Å². The molecule has 6 nitrogen and oxygen atoms in total. The fourth-order valence-corrected chi connectivity index (χ4v) is 3.75. The van der Waals surface area contributed by atoms with E-state index in [2.05, 4.69) is 0 Å². The van der Waals surface area contributed by atoms with E-state index in [4.69, 9.17) is 0 Å². The van der Waals surface area contributed by atoms with Crippen LogP contribution in [0.2, 0.25) is 0 Å². The van der Waals surface area contributed by atoms with Gasteiger partial charge < -0.3 is 30.6 Å². The number of aryl methyl sites for hydroxylation is 1. The number of hydrogen-bond acceptors (Lipinski definition) is 7. The maximum Gasteiger partial charge on any atom is 0.202 e. The van der Waals surface area contributed by atoms with Crippen molar-refractivity contribution in [1.29, 1.82) is 0 Å². The second-order valence-electron chi connectivity index (χ2n) is 4.85. The molecule has 2 aromatic carbocycles. The number of aromatic hydroxyl groups is 6. The summed E-state index contributed by atoms with van der Waals surface area (Å²) in [5.74, 6) is -2.85. The summed E-state index contributed by atoms with van der Waals surface area (Å²) in [7, 11) is 0. The zero-order chi connectivity index (χ0) is 15.6. The number of fused-ring (bicyclic) bond motifs is 3. The number of hydrogen-bond donors (Lipinski definition) is 6. The van der Waals surface area contributed by atoms with Crippen molar-refractivity contribution in [3.63, 3.8) is 0 Å². The van der Waals surface area contributed by atoms with Crippen LogP contribution in [0.5, 0.6) is 34.5 Å². The van der Waals surface area contributed by atoms with Crippen LogP contribution in [0.4, 0.5) is 0 Å². The Balaban J connectivity index is 2.73. The highest BCUT2D eigenvalue weighted by Crippen LogP contribution is 2.56. The maximum absolute atomic E-state index is 10.1. The normalized spacial score (nSPS) is 11.5. The highest BCUT2D eigenvalue weighted by atomic mass is 32.1. The molecule has 0 saturated carbocycles. The minimum atomic E-state index is -0.661. The highest BCUT2D eigenvalue weighted by Gasteiger charge is 2.25. The van der Waals surface area contributed by atoms with Gasteiger partial charge in [-0.05, 0) is 13.8 Å². The minimum absolute atomic E-state index is 0.108. The summed E-state index contributed by atoms with van der Waals surface area (Å²) in [5.41, 5.74) is 0.335. The van der Waals surface area contributed by atoms with Gasteiger partial charge in [0, 0.05) is 16.5 Å².